The van der Waals surface area contributed by atoms with Crippen LogP contribution >= 0.6 is 0 Å². The van der Waals surface area contributed by atoms with Crippen LogP contribution in [-0.2, 0) is 6.42 Å². The fourth-order valence-corrected chi connectivity index (χ4v) is 12.0. The Balaban J connectivity index is 1.13. The van der Waals surface area contributed by atoms with Crippen LogP contribution in [0.3, 0.4) is 0 Å². The Hall–Kier alpha value is -9.10. The molecule has 0 saturated carbocycles. The smallest absolute Gasteiger partial charge is 0.00139 e. The molecule has 0 aliphatic rings. The SMILES string of the molecule is CCc1ccc(-c2cc(-c3ccc(-c4ccccc4)c4ccccc34)c3ccc4c(-c5ccc(-c6ccccc6)c6ccccc56)cc(-c5ccc(-c6ccccc6)c6ccccc56)c5ccc2c3c54)cc1. The van der Waals surface area contributed by atoms with E-state index in [1.807, 2.05) is 0 Å². The van der Waals surface area contributed by atoms with E-state index >= 15 is 0 Å². The first-order valence-corrected chi connectivity index (χ1v) is 25.3. The second-order valence-corrected chi connectivity index (χ2v) is 19.3. The van der Waals surface area contributed by atoms with E-state index in [1.165, 1.54) is 148 Å². The minimum atomic E-state index is 0.997. The molecule has 14 aromatic carbocycles. The van der Waals surface area contributed by atoms with E-state index in [9.17, 15) is 0 Å². The lowest BCUT2D eigenvalue weighted by atomic mass is 9.80. The third-order valence-electron chi connectivity index (χ3n) is 15.5. The molecule has 0 heteroatoms. The van der Waals surface area contributed by atoms with Gasteiger partial charge in [-0.25, -0.2) is 0 Å². The van der Waals surface area contributed by atoms with Crippen molar-refractivity contribution in [1.82, 2.24) is 0 Å². The molecule has 0 aliphatic carbocycles. The molecule has 0 amide bonds. The van der Waals surface area contributed by atoms with E-state index in [2.05, 4.69) is 268 Å². The Labute approximate surface area is 420 Å². The molecule has 0 N–H and O–H groups in total. The van der Waals surface area contributed by atoms with Crippen LogP contribution in [0.1, 0.15) is 12.5 Å². The summed E-state index contributed by atoms with van der Waals surface area (Å²) < 4.78 is 0. The standard InChI is InChI=1S/C72H48/c1-2-46-30-32-50(33-31-46)67-44-68(60-37-34-51(47-18-6-3-7-19-47)54-24-12-15-27-57(54)60)64-42-43-66-70(62-39-36-53(49-22-10-5-11-23-49)56-26-14-17-29-59(56)62)45-69(65-41-40-63(67)71(64)72(65)66)61-38-35-52(48-20-8-4-9-21-48)55-25-13-16-28-58(55)61/h3-45H,2H2,1H3. The van der Waals surface area contributed by atoms with Gasteiger partial charge in [-0.05, 0) is 167 Å². The Morgan fingerprint density at radius 1 is 0.194 bits per heavy atom. The summed E-state index contributed by atoms with van der Waals surface area (Å²) in [4.78, 5) is 0. The van der Waals surface area contributed by atoms with Crippen molar-refractivity contribution >= 4 is 64.6 Å². The number of hydrogen-bond acceptors (Lipinski definition) is 0. The average molecular weight is 913 g/mol. The maximum atomic E-state index is 2.51. The van der Waals surface area contributed by atoms with Gasteiger partial charge in [0, 0.05) is 0 Å². The number of aryl methyl sites for hydroxylation is 1. The molecule has 0 unspecified atom stereocenters. The van der Waals surface area contributed by atoms with Gasteiger partial charge in [-0.2, -0.15) is 0 Å². The summed E-state index contributed by atoms with van der Waals surface area (Å²) in [6, 6.07) is 97.6. The number of fused-ring (bicyclic) bond motifs is 3. The van der Waals surface area contributed by atoms with Gasteiger partial charge in [0.25, 0.3) is 0 Å². The van der Waals surface area contributed by atoms with Gasteiger partial charge in [-0.3, -0.25) is 0 Å². The van der Waals surface area contributed by atoms with Gasteiger partial charge < -0.3 is 0 Å². The van der Waals surface area contributed by atoms with Crippen LogP contribution in [0.15, 0.2) is 261 Å². The first-order valence-electron chi connectivity index (χ1n) is 25.3. The van der Waals surface area contributed by atoms with Crippen LogP contribution in [0.5, 0.6) is 0 Å². The Morgan fingerprint density at radius 3 is 0.792 bits per heavy atom. The molecule has 0 atom stereocenters. The van der Waals surface area contributed by atoms with Crippen molar-refractivity contribution in [3.05, 3.63) is 266 Å². The molecule has 0 fully saturated rings. The molecule has 14 rings (SSSR count). The van der Waals surface area contributed by atoms with Crippen molar-refractivity contribution in [3.8, 4) is 77.9 Å². The van der Waals surface area contributed by atoms with Crippen LogP contribution in [0.4, 0.5) is 0 Å². The van der Waals surface area contributed by atoms with Crippen molar-refractivity contribution in [2.75, 3.05) is 0 Å². The normalized spacial score (nSPS) is 11.7. The minimum Gasteiger partial charge on any atom is -0.0622 e. The fourth-order valence-electron chi connectivity index (χ4n) is 12.0. The molecule has 0 bridgehead atoms. The quantitative estimate of drug-likeness (QED) is 0.133. The third-order valence-corrected chi connectivity index (χ3v) is 15.5. The number of rotatable bonds is 8. The summed E-state index contributed by atoms with van der Waals surface area (Å²) in [5, 5.41) is 15.1. The maximum Gasteiger partial charge on any atom is -0.00139 e. The van der Waals surface area contributed by atoms with E-state index in [0.29, 0.717) is 0 Å². The Bertz CT molecular complexity index is 4230. The van der Waals surface area contributed by atoms with Crippen molar-refractivity contribution in [2.45, 2.75) is 13.3 Å². The van der Waals surface area contributed by atoms with Crippen LogP contribution < -0.4 is 0 Å². The Kier molecular flexibility index (Phi) is 9.93. The fraction of sp³-hybridized carbons (Fsp3) is 0.0278. The van der Waals surface area contributed by atoms with Gasteiger partial charge >= 0.3 is 0 Å². The highest BCUT2D eigenvalue weighted by atomic mass is 14.3. The zero-order valence-corrected chi connectivity index (χ0v) is 40.0. The van der Waals surface area contributed by atoms with E-state index in [1.54, 1.807) is 0 Å². The van der Waals surface area contributed by atoms with Crippen LogP contribution in [0, 0.1) is 0 Å². The molecule has 336 valence electrons. The van der Waals surface area contributed by atoms with Gasteiger partial charge in [0.05, 0.1) is 0 Å². The van der Waals surface area contributed by atoms with Crippen LogP contribution in [0.25, 0.3) is 143 Å². The first kappa shape index (κ1) is 41.8. The van der Waals surface area contributed by atoms with Gasteiger partial charge in [0.2, 0.25) is 0 Å². The zero-order valence-electron chi connectivity index (χ0n) is 40.0. The topological polar surface area (TPSA) is 0 Å². The lowest BCUT2D eigenvalue weighted by Gasteiger charge is -2.23. The monoisotopic (exact) mass is 912 g/mol. The molecule has 0 aromatic heterocycles. The van der Waals surface area contributed by atoms with E-state index in [0.717, 1.165) is 6.42 Å². The predicted molar refractivity (Wildman–Crippen MR) is 310 cm³/mol. The van der Waals surface area contributed by atoms with Crippen LogP contribution in [-0.4, -0.2) is 0 Å². The van der Waals surface area contributed by atoms with Crippen LogP contribution in [0.2, 0.25) is 0 Å². The summed E-state index contributed by atoms with van der Waals surface area (Å²) in [6.07, 6.45) is 0.997. The molecule has 0 aliphatic heterocycles. The lowest BCUT2D eigenvalue weighted by molar-refractivity contribution is 1.14. The Morgan fingerprint density at radius 2 is 0.458 bits per heavy atom. The van der Waals surface area contributed by atoms with Crippen molar-refractivity contribution < 1.29 is 0 Å². The zero-order chi connectivity index (χ0) is 47.7. The summed E-state index contributed by atoms with van der Waals surface area (Å²) >= 11 is 0. The van der Waals surface area contributed by atoms with Gasteiger partial charge in [0.15, 0.2) is 0 Å². The minimum absolute atomic E-state index is 0.997. The molecule has 0 spiro atoms. The van der Waals surface area contributed by atoms with E-state index in [-0.39, 0.29) is 0 Å². The van der Waals surface area contributed by atoms with E-state index in [4.69, 9.17) is 0 Å². The maximum absolute atomic E-state index is 2.51. The molecule has 0 nitrogen and oxygen atoms in total. The summed E-state index contributed by atoms with van der Waals surface area (Å²) in [5.41, 5.74) is 18.6. The molecule has 0 radical (unpaired) electrons. The van der Waals surface area contributed by atoms with Gasteiger partial charge in [-0.1, -0.05) is 256 Å². The van der Waals surface area contributed by atoms with Gasteiger partial charge in [-0.15, -0.1) is 0 Å². The van der Waals surface area contributed by atoms with Gasteiger partial charge in [0.1, 0.15) is 0 Å². The molecular weight excluding hydrogens is 865 g/mol. The highest BCUT2D eigenvalue weighted by Crippen LogP contribution is 2.52. The molecule has 72 heavy (non-hydrogen) atoms. The van der Waals surface area contributed by atoms with Crippen molar-refractivity contribution in [1.29, 1.82) is 0 Å². The number of benzene rings is 14. The van der Waals surface area contributed by atoms with Crippen molar-refractivity contribution in [3.63, 3.8) is 0 Å². The first-order chi connectivity index (χ1) is 35.7. The van der Waals surface area contributed by atoms with Crippen molar-refractivity contribution in [2.24, 2.45) is 0 Å². The van der Waals surface area contributed by atoms with E-state index < -0.39 is 0 Å². The highest BCUT2D eigenvalue weighted by molar-refractivity contribution is 6.33. The summed E-state index contributed by atoms with van der Waals surface area (Å²) in [5.74, 6) is 0. The molecular formula is C72H48. The molecule has 0 saturated heterocycles. The second kappa shape index (κ2) is 17.1. The molecule has 0 heterocycles. The average Bonchev–Trinajstić information content (AvgIpc) is 3.46. The largest absolute Gasteiger partial charge is 0.0622 e. The summed E-state index contributed by atoms with van der Waals surface area (Å²) in [6.45, 7) is 2.24. The molecule has 14 aromatic rings. The number of hydrogen-bond donors (Lipinski definition) is 0. The third kappa shape index (κ3) is 6.68. The highest BCUT2D eigenvalue weighted by Gasteiger charge is 2.24. The lowest BCUT2D eigenvalue weighted by Crippen LogP contribution is -1.96. The second-order valence-electron chi connectivity index (χ2n) is 19.3. The summed E-state index contributed by atoms with van der Waals surface area (Å²) in [7, 11) is 0. The predicted octanol–water partition coefficient (Wildman–Crippen LogP) is 20.3.